The minimum Gasteiger partial charge on any atom is -0.492 e. The molecule has 0 spiro atoms. The van der Waals surface area contributed by atoms with E-state index in [1.807, 2.05) is 18.2 Å². The molecular weight excluding hydrogens is 329 g/mol. The van der Waals surface area contributed by atoms with Crippen LogP contribution in [0, 0.1) is 5.82 Å². The van der Waals surface area contributed by atoms with Gasteiger partial charge in [-0.2, -0.15) is 0 Å². The molecule has 0 heterocycles. The van der Waals surface area contributed by atoms with Gasteiger partial charge >= 0.3 is 0 Å². The van der Waals surface area contributed by atoms with Crippen molar-refractivity contribution in [2.45, 2.75) is 12.8 Å². The molecule has 0 N–H and O–H groups in total. The van der Waals surface area contributed by atoms with E-state index in [2.05, 4.69) is 12.1 Å². The van der Waals surface area contributed by atoms with Crippen molar-refractivity contribution in [1.29, 1.82) is 0 Å². The molecule has 3 aromatic rings. The standard InChI is InChI=1S/C22H20FNO2/c1-24(13-14-26-18-10-8-17(23)9-11-18)22(25)20-12-7-16-6-5-15-3-2-4-19(20)21(15)16/h2-4,7-12H,5-6,13-14H2,1H3. The highest BCUT2D eigenvalue weighted by Crippen LogP contribution is 2.33. The number of likely N-dealkylation sites (N-methyl/N-ethyl adjacent to an activating group) is 1. The van der Waals surface area contributed by atoms with E-state index in [4.69, 9.17) is 4.74 Å². The van der Waals surface area contributed by atoms with Gasteiger partial charge in [0.05, 0.1) is 6.54 Å². The molecule has 3 nitrogen and oxygen atoms in total. The number of benzene rings is 3. The van der Waals surface area contributed by atoms with Gasteiger partial charge in [-0.3, -0.25) is 4.79 Å². The average molecular weight is 349 g/mol. The first-order chi connectivity index (χ1) is 12.6. The first-order valence-electron chi connectivity index (χ1n) is 8.81. The summed E-state index contributed by atoms with van der Waals surface area (Å²) in [4.78, 5) is 14.6. The van der Waals surface area contributed by atoms with Gasteiger partial charge in [0, 0.05) is 12.6 Å². The molecule has 0 saturated heterocycles. The Kier molecular flexibility index (Phi) is 4.33. The largest absolute Gasteiger partial charge is 0.492 e. The van der Waals surface area contributed by atoms with E-state index in [-0.39, 0.29) is 11.7 Å². The second-order valence-electron chi connectivity index (χ2n) is 6.64. The maximum atomic E-state index is 12.9. The Hall–Kier alpha value is -2.88. The zero-order chi connectivity index (χ0) is 18.1. The molecule has 0 unspecified atom stereocenters. The Morgan fingerprint density at radius 1 is 1.04 bits per heavy atom. The van der Waals surface area contributed by atoms with Gasteiger partial charge < -0.3 is 9.64 Å². The predicted octanol–water partition coefficient (Wildman–Crippen LogP) is 4.23. The van der Waals surface area contributed by atoms with E-state index in [1.165, 1.54) is 28.6 Å². The minimum atomic E-state index is -0.295. The monoisotopic (exact) mass is 349 g/mol. The lowest BCUT2D eigenvalue weighted by atomic mass is 9.99. The van der Waals surface area contributed by atoms with E-state index < -0.39 is 0 Å². The molecule has 26 heavy (non-hydrogen) atoms. The van der Waals surface area contributed by atoms with Crippen molar-refractivity contribution in [3.05, 3.63) is 77.1 Å². The molecule has 0 atom stereocenters. The highest BCUT2D eigenvalue weighted by molar-refractivity contribution is 6.09. The summed E-state index contributed by atoms with van der Waals surface area (Å²) in [6.45, 7) is 0.814. The molecule has 0 aromatic heterocycles. The minimum absolute atomic E-state index is 0.0108. The van der Waals surface area contributed by atoms with Crippen LogP contribution < -0.4 is 4.74 Å². The number of halogens is 1. The van der Waals surface area contributed by atoms with Gasteiger partial charge in [-0.05, 0) is 65.1 Å². The van der Waals surface area contributed by atoms with Crippen LogP contribution in [-0.4, -0.2) is 31.0 Å². The Morgan fingerprint density at radius 2 is 1.77 bits per heavy atom. The van der Waals surface area contributed by atoms with Crippen LogP contribution in [0.15, 0.2) is 54.6 Å². The third kappa shape index (κ3) is 3.03. The fourth-order valence-electron chi connectivity index (χ4n) is 3.57. The zero-order valence-electron chi connectivity index (χ0n) is 14.7. The molecule has 1 aliphatic carbocycles. The third-order valence-electron chi connectivity index (χ3n) is 4.96. The predicted molar refractivity (Wildman–Crippen MR) is 100 cm³/mol. The molecule has 1 amide bonds. The summed E-state index contributed by atoms with van der Waals surface area (Å²) < 4.78 is 18.5. The molecule has 0 bridgehead atoms. The Labute approximate surface area is 152 Å². The smallest absolute Gasteiger partial charge is 0.254 e. The van der Waals surface area contributed by atoms with Gasteiger partial charge in [-0.25, -0.2) is 4.39 Å². The SMILES string of the molecule is CN(CCOc1ccc(F)cc1)C(=O)c1ccc2c3c(cccc13)CC2. The highest BCUT2D eigenvalue weighted by atomic mass is 19.1. The Bertz CT molecular complexity index is 956. The van der Waals surface area contributed by atoms with Crippen LogP contribution in [0.5, 0.6) is 5.75 Å². The van der Waals surface area contributed by atoms with Gasteiger partial charge in [-0.15, -0.1) is 0 Å². The molecule has 4 rings (SSSR count). The van der Waals surface area contributed by atoms with Crippen molar-refractivity contribution in [3.8, 4) is 5.75 Å². The number of carbonyl (C=O) groups is 1. The van der Waals surface area contributed by atoms with Crippen molar-refractivity contribution in [2.24, 2.45) is 0 Å². The summed E-state index contributed by atoms with van der Waals surface area (Å²) in [5, 5.41) is 2.28. The summed E-state index contributed by atoms with van der Waals surface area (Å²) in [5.41, 5.74) is 3.39. The van der Waals surface area contributed by atoms with Crippen LogP contribution in [-0.2, 0) is 12.8 Å². The van der Waals surface area contributed by atoms with Gasteiger partial charge in [0.1, 0.15) is 18.2 Å². The van der Waals surface area contributed by atoms with Crippen LogP contribution in [0.2, 0.25) is 0 Å². The summed E-state index contributed by atoms with van der Waals surface area (Å²) in [5.74, 6) is 0.289. The second kappa shape index (κ2) is 6.79. The molecule has 0 saturated carbocycles. The molecule has 132 valence electrons. The quantitative estimate of drug-likeness (QED) is 0.690. The number of amides is 1. The zero-order valence-corrected chi connectivity index (χ0v) is 14.7. The fraction of sp³-hybridized carbons (Fsp3) is 0.227. The van der Waals surface area contributed by atoms with Crippen molar-refractivity contribution in [1.82, 2.24) is 4.90 Å². The molecule has 4 heteroatoms. The summed E-state index contributed by atoms with van der Waals surface area (Å²) >= 11 is 0. The number of rotatable bonds is 5. The van der Waals surface area contributed by atoms with Gasteiger partial charge in [-0.1, -0.05) is 24.3 Å². The lowest BCUT2D eigenvalue weighted by Gasteiger charge is -2.19. The number of nitrogens with zero attached hydrogens (tertiary/aromatic N) is 1. The molecule has 0 radical (unpaired) electrons. The number of ether oxygens (including phenoxy) is 1. The molecule has 0 aliphatic heterocycles. The van der Waals surface area contributed by atoms with Crippen molar-refractivity contribution in [2.75, 3.05) is 20.2 Å². The van der Waals surface area contributed by atoms with Crippen LogP contribution in [0.25, 0.3) is 10.8 Å². The maximum Gasteiger partial charge on any atom is 0.254 e. The van der Waals surface area contributed by atoms with Crippen LogP contribution in [0.4, 0.5) is 4.39 Å². The summed E-state index contributed by atoms with van der Waals surface area (Å²) in [6.07, 6.45) is 2.09. The first kappa shape index (κ1) is 16.6. The van der Waals surface area contributed by atoms with Crippen LogP contribution in [0.1, 0.15) is 21.5 Å². The molecule has 3 aromatic carbocycles. The lowest BCUT2D eigenvalue weighted by Crippen LogP contribution is -2.31. The fourth-order valence-corrected chi connectivity index (χ4v) is 3.57. The molecule has 0 fully saturated rings. The van der Waals surface area contributed by atoms with Crippen molar-refractivity contribution < 1.29 is 13.9 Å². The lowest BCUT2D eigenvalue weighted by molar-refractivity contribution is 0.0775. The van der Waals surface area contributed by atoms with E-state index in [0.717, 1.165) is 23.8 Å². The van der Waals surface area contributed by atoms with Gasteiger partial charge in [0.2, 0.25) is 0 Å². The first-order valence-corrected chi connectivity index (χ1v) is 8.81. The van der Waals surface area contributed by atoms with Gasteiger partial charge in [0.25, 0.3) is 5.91 Å². The van der Waals surface area contributed by atoms with Gasteiger partial charge in [0.15, 0.2) is 0 Å². The van der Waals surface area contributed by atoms with Crippen molar-refractivity contribution in [3.63, 3.8) is 0 Å². The Morgan fingerprint density at radius 3 is 2.54 bits per heavy atom. The maximum absolute atomic E-state index is 12.9. The topological polar surface area (TPSA) is 29.5 Å². The number of carbonyl (C=O) groups excluding carboxylic acids is 1. The number of aryl methyl sites for hydroxylation is 2. The van der Waals surface area contributed by atoms with Crippen LogP contribution in [0.3, 0.4) is 0 Å². The van der Waals surface area contributed by atoms with E-state index >= 15 is 0 Å². The Balaban J connectivity index is 1.47. The average Bonchev–Trinajstić information content (AvgIpc) is 3.08. The third-order valence-corrected chi connectivity index (χ3v) is 4.96. The van der Waals surface area contributed by atoms with E-state index in [0.29, 0.717) is 18.9 Å². The van der Waals surface area contributed by atoms with Crippen LogP contribution >= 0.6 is 0 Å². The van der Waals surface area contributed by atoms with E-state index in [1.54, 1.807) is 24.1 Å². The normalized spacial score (nSPS) is 12.4. The summed E-state index contributed by atoms with van der Waals surface area (Å²) in [6, 6.07) is 16.1. The highest BCUT2D eigenvalue weighted by Gasteiger charge is 2.20. The summed E-state index contributed by atoms with van der Waals surface area (Å²) in [7, 11) is 1.78. The molecule has 1 aliphatic rings. The van der Waals surface area contributed by atoms with E-state index in [9.17, 15) is 9.18 Å². The number of hydrogen-bond donors (Lipinski definition) is 0. The van der Waals surface area contributed by atoms with Crippen molar-refractivity contribution >= 4 is 16.7 Å². The molecular formula is C22H20FNO2. The number of hydrogen-bond acceptors (Lipinski definition) is 2. The second-order valence-corrected chi connectivity index (χ2v) is 6.64.